The number of carbonyl (C=O) groups excluding carboxylic acids is 1. The minimum Gasteiger partial charge on any atom is -0.387 e. The summed E-state index contributed by atoms with van der Waals surface area (Å²) < 4.78 is 32.2. The first-order valence-electron chi connectivity index (χ1n) is 16.4. The maximum Gasteiger partial charge on any atom is 0.267 e. The zero-order chi connectivity index (χ0) is 32.6. The van der Waals surface area contributed by atoms with Gasteiger partial charge in [0.2, 0.25) is 5.91 Å². The minimum atomic E-state index is -4.39. The molecule has 3 N–H and O–H groups in total. The van der Waals surface area contributed by atoms with E-state index >= 15 is 0 Å². The van der Waals surface area contributed by atoms with Crippen LogP contribution >= 0.6 is 0 Å². The molecule has 0 fully saturated rings. The molecule has 0 aromatic heterocycles. The van der Waals surface area contributed by atoms with Crippen molar-refractivity contribution in [3.63, 3.8) is 0 Å². The number of aliphatic hydroxyl groups is 1. The van der Waals surface area contributed by atoms with Crippen molar-refractivity contribution in [1.29, 1.82) is 0 Å². The molecule has 0 radical (unpaired) electrons. The summed E-state index contributed by atoms with van der Waals surface area (Å²) in [5.74, 6) is -1.19. The van der Waals surface area contributed by atoms with Crippen LogP contribution in [0.25, 0.3) is 0 Å². The highest BCUT2D eigenvalue weighted by Gasteiger charge is 2.24. The first-order chi connectivity index (χ1) is 21.3. The summed E-state index contributed by atoms with van der Waals surface area (Å²) in [7, 11) is -4.39. The van der Waals surface area contributed by atoms with Gasteiger partial charge in [-0.2, -0.15) is 8.42 Å². The van der Waals surface area contributed by atoms with E-state index in [0.717, 1.165) is 51.4 Å². The van der Waals surface area contributed by atoms with E-state index in [-0.39, 0.29) is 6.42 Å². The topological polar surface area (TPSA) is 104 Å². The Morgan fingerprint density at radius 2 is 1.11 bits per heavy atom. The van der Waals surface area contributed by atoms with Crippen molar-refractivity contribution in [2.75, 3.05) is 5.75 Å². The minimum absolute atomic E-state index is 0.0464. The molecule has 0 aromatic rings. The molecule has 6 nitrogen and oxygen atoms in total. The number of hydrogen-bond acceptors (Lipinski definition) is 4. The normalized spacial score (nSPS) is 14.7. The first kappa shape index (κ1) is 41.3. The fraction of sp³-hybridized carbons (Fsp3) is 0.541. The van der Waals surface area contributed by atoms with Gasteiger partial charge in [0.25, 0.3) is 10.1 Å². The van der Waals surface area contributed by atoms with E-state index in [1.165, 1.54) is 31.8 Å². The van der Waals surface area contributed by atoms with Gasteiger partial charge in [-0.3, -0.25) is 9.35 Å². The summed E-state index contributed by atoms with van der Waals surface area (Å²) in [5.41, 5.74) is 0. The van der Waals surface area contributed by atoms with Crippen LogP contribution in [0.15, 0.2) is 97.2 Å². The van der Waals surface area contributed by atoms with Crippen molar-refractivity contribution in [3.05, 3.63) is 97.2 Å². The first-order valence-corrected chi connectivity index (χ1v) is 18.0. The number of nitrogens with one attached hydrogen (secondary N) is 1. The van der Waals surface area contributed by atoms with Crippen LogP contribution in [-0.2, 0) is 14.9 Å². The van der Waals surface area contributed by atoms with Gasteiger partial charge in [0.1, 0.15) is 0 Å². The fourth-order valence-electron chi connectivity index (χ4n) is 4.07. The SMILES string of the molecule is CC/C=C\C/C=C\C/C=C\C/C=C\C/C=C\CC(=O)NC(CS(=O)(=O)O)C(O)/C=C/CC/C=C/CC/C=C/CCCCCC. The van der Waals surface area contributed by atoms with Gasteiger partial charge in [-0.1, -0.05) is 130 Å². The number of hydrogen-bond donors (Lipinski definition) is 3. The lowest BCUT2D eigenvalue weighted by atomic mass is 10.1. The summed E-state index contributed by atoms with van der Waals surface area (Å²) in [6.07, 6.45) is 45.5. The molecule has 2 unspecified atom stereocenters. The highest BCUT2D eigenvalue weighted by Crippen LogP contribution is 2.06. The molecule has 0 rings (SSSR count). The van der Waals surface area contributed by atoms with Crippen LogP contribution in [0.5, 0.6) is 0 Å². The monoisotopic (exact) mass is 629 g/mol. The van der Waals surface area contributed by atoms with Gasteiger partial charge in [-0.05, 0) is 70.6 Å². The fourth-order valence-corrected chi connectivity index (χ4v) is 4.81. The zero-order valence-electron chi connectivity index (χ0n) is 27.2. The summed E-state index contributed by atoms with van der Waals surface area (Å²) in [6.45, 7) is 4.34. The summed E-state index contributed by atoms with van der Waals surface area (Å²) in [6, 6.07) is -1.14. The third-order valence-electron chi connectivity index (χ3n) is 6.50. The number of allylic oxidation sites excluding steroid dienone is 14. The van der Waals surface area contributed by atoms with Crippen LogP contribution in [0.3, 0.4) is 0 Å². The predicted molar refractivity (Wildman–Crippen MR) is 188 cm³/mol. The molecule has 44 heavy (non-hydrogen) atoms. The van der Waals surface area contributed by atoms with E-state index in [9.17, 15) is 22.9 Å². The molecule has 7 heteroatoms. The second-order valence-corrected chi connectivity index (χ2v) is 12.2. The lowest BCUT2D eigenvalue weighted by Crippen LogP contribution is -2.46. The maximum atomic E-state index is 12.4. The van der Waals surface area contributed by atoms with E-state index in [2.05, 4.69) is 86.0 Å². The molecule has 0 saturated carbocycles. The Morgan fingerprint density at radius 3 is 1.61 bits per heavy atom. The average molecular weight is 630 g/mol. The number of aliphatic hydroxyl groups excluding tert-OH is 1. The molecular formula is C37H59NO5S. The van der Waals surface area contributed by atoms with Crippen molar-refractivity contribution in [3.8, 4) is 0 Å². The molecule has 0 bridgehead atoms. The smallest absolute Gasteiger partial charge is 0.267 e. The zero-order valence-corrected chi connectivity index (χ0v) is 28.0. The van der Waals surface area contributed by atoms with Crippen molar-refractivity contribution in [2.45, 2.75) is 122 Å². The van der Waals surface area contributed by atoms with Crippen LogP contribution in [0, 0.1) is 0 Å². The van der Waals surface area contributed by atoms with Crippen LogP contribution in [-0.4, -0.2) is 41.9 Å². The van der Waals surface area contributed by atoms with Crippen LogP contribution in [0.4, 0.5) is 0 Å². The van der Waals surface area contributed by atoms with Crippen molar-refractivity contribution >= 4 is 16.0 Å². The van der Waals surface area contributed by atoms with Gasteiger partial charge in [-0.25, -0.2) is 0 Å². The molecule has 0 aliphatic carbocycles. The lowest BCUT2D eigenvalue weighted by molar-refractivity contribution is -0.121. The van der Waals surface area contributed by atoms with E-state index in [4.69, 9.17) is 0 Å². The predicted octanol–water partition coefficient (Wildman–Crippen LogP) is 9.06. The number of amides is 1. The molecule has 0 saturated heterocycles. The Morgan fingerprint density at radius 1 is 0.636 bits per heavy atom. The molecule has 0 spiro atoms. The van der Waals surface area contributed by atoms with Crippen LogP contribution < -0.4 is 5.32 Å². The van der Waals surface area contributed by atoms with Crippen LogP contribution in [0.1, 0.15) is 110 Å². The Hall–Kier alpha value is -2.74. The summed E-state index contributed by atoms with van der Waals surface area (Å²) >= 11 is 0. The van der Waals surface area contributed by atoms with Gasteiger partial charge >= 0.3 is 0 Å². The van der Waals surface area contributed by atoms with Gasteiger partial charge in [0, 0.05) is 6.42 Å². The Kier molecular flexibility index (Phi) is 28.4. The maximum absolute atomic E-state index is 12.4. The van der Waals surface area contributed by atoms with Crippen molar-refractivity contribution in [1.82, 2.24) is 5.32 Å². The second-order valence-electron chi connectivity index (χ2n) is 10.7. The van der Waals surface area contributed by atoms with Crippen molar-refractivity contribution < 1.29 is 22.9 Å². The van der Waals surface area contributed by atoms with Gasteiger partial charge in [0.15, 0.2) is 0 Å². The van der Waals surface area contributed by atoms with Crippen molar-refractivity contribution in [2.24, 2.45) is 0 Å². The van der Waals surface area contributed by atoms with E-state index in [0.29, 0.717) is 12.8 Å². The Bertz CT molecular complexity index is 1050. The largest absolute Gasteiger partial charge is 0.387 e. The molecule has 0 aromatic carbocycles. The number of rotatable bonds is 27. The third kappa shape index (κ3) is 30.7. The molecule has 0 aliphatic heterocycles. The molecular weight excluding hydrogens is 570 g/mol. The van der Waals surface area contributed by atoms with Gasteiger partial charge < -0.3 is 10.4 Å². The highest BCUT2D eigenvalue weighted by molar-refractivity contribution is 7.85. The quantitative estimate of drug-likeness (QED) is 0.0478. The van der Waals surface area contributed by atoms with E-state index in [1.807, 2.05) is 12.2 Å². The number of carbonyl (C=O) groups is 1. The third-order valence-corrected chi connectivity index (χ3v) is 7.28. The average Bonchev–Trinajstić information content (AvgIpc) is 2.98. The standard InChI is InChI=1S/C37H59NO5S/c1-3-5-7-9-11-13-15-17-19-21-23-25-27-29-31-33-37(40)38-35(34-44(41,42)43)36(39)32-30-28-26-24-22-20-18-16-14-12-10-8-6-4-2/h5,7,11,13-14,16-17,19,22-25,29-32,35-36,39H,3-4,6,8-10,12,15,18,20-21,26-28,33-34H2,1-2H3,(H,38,40)(H,41,42,43)/b7-5-,13-11-,16-14+,19-17-,24-22+,25-23-,31-29-,32-30+. The highest BCUT2D eigenvalue weighted by atomic mass is 32.2. The molecule has 1 amide bonds. The molecule has 2 atom stereocenters. The molecule has 0 aliphatic rings. The molecule has 248 valence electrons. The number of unbranched alkanes of at least 4 members (excludes halogenated alkanes) is 6. The summed E-state index contributed by atoms with van der Waals surface area (Å²) in [4.78, 5) is 12.4. The van der Waals surface area contributed by atoms with E-state index < -0.39 is 33.9 Å². The summed E-state index contributed by atoms with van der Waals surface area (Å²) in [5, 5.41) is 13.0. The van der Waals surface area contributed by atoms with Gasteiger partial charge in [-0.15, -0.1) is 0 Å². The second kappa shape index (κ2) is 30.3. The lowest BCUT2D eigenvalue weighted by Gasteiger charge is -2.20. The Labute approximate surface area is 268 Å². The van der Waals surface area contributed by atoms with Crippen LogP contribution in [0.2, 0.25) is 0 Å². The van der Waals surface area contributed by atoms with Gasteiger partial charge in [0.05, 0.1) is 17.9 Å². The molecule has 0 heterocycles. The Balaban J connectivity index is 4.34. The van der Waals surface area contributed by atoms with E-state index in [1.54, 1.807) is 12.2 Å².